The highest BCUT2D eigenvalue weighted by molar-refractivity contribution is 5.80. The average molecular weight is 285 g/mol. The van der Waals surface area contributed by atoms with Gasteiger partial charge in [0.05, 0.1) is 12.7 Å². The lowest BCUT2D eigenvalue weighted by Gasteiger charge is -2.36. The number of hydrogen-bond acceptors (Lipinski definition) is 4. The molecule has 1 fully saturated rings. The van der Waals surface area contributed by atoms with Gasteiger partial charge in [-0.05, 0) is 18.3 Å². The van der Waals surface area contributed by atoms with Gasteiger partial charge in [0.15, 0.2) is 0 Å². The van der Waals surface area contributed by atoms with Crippen LogP contribution in [-0.4, -0.2) is 42.0 Å². The van der Waals surface area contributed by atoms with Crippen LogP contribution in [0.4, 0.5) is 4.79 Å². The minimum Gasteiger partial charge on any atom is -0.480 e. The Labute approximate surface area is 119 Å². The van der Waals surface area contributed by atoms with Crippen molar-refractivity contribution in [3.05, 3.63) is 12.7 Å². The van der Waals surface area contributed by atoms with Crippen LogP contribution in [0.25, 0.3) is 0 Å². The molecule has 2 N–H and O–H groups in total. The third-order valence-electron chi connectivity index (χ3n) is 3.21. The first-order chi connectivity index (χ1) is 9.25. The molecule has 1 aliphatic carbocycles. The van der Waals surface area contributed by atoms with Gasteiger partial charge in [0.1, 0.15) is 12.1 Å². The van der Waals surface area contributed by atoms with E-state index in [9.17, 15) is 9.59 Å². The number of nitrogens with one attached hydrogen (secondary N) is 1. The van der Waals surface area contributed by atoms with E-state index in [4.69, 9.17) is 14.6 Å². The number of carboxylic acids is 1. The van der Waals surface area contributed by atoms with Crippen molar-refractivity contribution in [3.8, 4) is 0 Å². The first-order valence-corrected chi connectivity index (χ1v) is 6.68. The van der Waals surface area contributed by atoms with Crippen molar-refractivity contribution in [2.24, 2.45) is 5.41 Å². The molecule has 0 saturated heterocycles. The third kappa shape index (κ3) is 4.52. The fourth-order valence-corrected chi connectivity index (χ4v) is 1.89. The van der Waals surface area contributed by atoms with E-state index >= 15 is 0 Å². The Morgan fingerprint density at radius 1 is 1.40 bits per heavy atom. The standard InChI is InChI=1S/C14H23NO5/c1-5-8-19-9-6-7-10(9)20-13(18)15-11(12(16)17)14(2,3)4/h5,9-11H,1,6-8H2,2-4H3,(H,15,18)(H,16,17). The highest BCUT2D eigenvalue weighted by atomic mass is 16.6. The zero-order valence-corrected chi connectivity index (χ0v) is 12.2. The Morgan fingerprint density at radius 3 is 2.40 bits per heavy atom. The molecule has 6 nitrogen and oxygen atoms in total. The zero-order valence-electron chi connectivity index (χ0n) is 12.2. The predicted octanol–water partition coefficient (Wildman–Crippen LogP) is 1.95. The molecule has 0 radical (unpaired) electrons. The molecule has 0 aromatic heterocycles. The molecule has 0 spiro atoms. The van der Waals surface area contributed by atoms with E-state index in [1.807, 2.05) is 0 Å². The molecular formula is C14H23NO5. The van der Waals surface area contributed by atoms with Gasteiger partial charge in [-0.15, -0.1) is 6.58 Å². The zero-order chi connectivity index (χ0) is 15.3. The van der Waals surface area contributed by atoms with E-state index in [0.717, 1.165) is 12.8 Å². The lowest BCUT2D eigenvalue weighted by atomic mass is 9.87. The normalized spacial score (nSPS) is 23.4. The van der Waals surface area contributed by atoms with Gasteiger partial charge >= 0.3 is 12.1 Å². The van der Waals surface area contributed by atoms with E-state index < -0.39 is 23.5 Å². The first-order valence-electron chi connectivity index (χ1n) is 6.68. The van der Waals surface area contributed by atoms with Gasteiger partial charge in [0.2, 0.25) is 0 Å². The van der Waals surface area contributed by atoms with Gasteiger partial charge in [-0.25, -0.2) is 9.59 Å². The molecule has 3 unspecified atom stereocenters. The second-order valence-corrected chi connectivity index (χ2v) is 5.96. The number of alkyl carbamates (subject to hydrolysis) is 1. The van der Waals surface area contributed by atoms with Crippen molar-refractivity contribution in [2.75, 3.05) is 6.61 Å². The van der Waals surface area contributed by atoms with Crippen LogP contribution in [-0.2, 0) is 14.3 Å². The van der Waals surface area contributed by atoms with Crippen molar-refractivity contribution in [3.63, 3.8) is 0 Å². The summed E-state index contributed by atoms with van der Waals surface area (Å²) in [6.07, 6.45) is 2.02. The molecule has 20 heavy (non-hydrogen) atoms. The van der Waals surface area contributed by atoms with Gasteiger partial charge in [-0.2, -0.15) is 0 Å². The van der Waals surface area contributed by atoms with Crippen molar-refractivity contribution in [2.45, 2.75) is 51.9 Å². The molecule has 0 heterocycles. The van der Waals surface area contributed by atoms with E-state index in [1.54, 1.807) is 26.8 Å². The van der Waals surface area contributed by atoms with Crippen molar-refractivity contribution < 1.29 is 24.2 Å². The maximum atomic E-state index is 11.8. The molecule has 0 aromatic carbocycles. The number of carbonyl (C=O) groups excluding carboxylic acids is 1. The molecule has 6 heteroatoms. The topological polar surface area (TPSA) is 84.9 Å². The van der Waals surface area contributed by atoms with Crippen LogP contribution in [0.15, 0.2) is 12.7 Å². The van der Waals surface area contributed by atoms with Gasteiger partial charge in [-0.3, -0.25) is 0 Å². The molecule has 1 rings (SSSR count). The second kappa shape index (κ2) is 6.74. The monoisotopic (exact) mass is 285 g/mol. The molecule has 114 valence electrons. The highest BCUT2D eigenvalue weighted by Gasteiger charge is 2.37. The number of aliphatic carboxylic acids is 1. The number of amides is 1. The molecular weight excluding hydrogens is 262 g/mol. The Hall–Kier alpha value is -1.56. The van der Waals surface area contributed by atoms with Gasteiger partial charge in [0.25, 0.3) is 0 Å². The summed E-state index contributed by atoms with van der Waals surface area (Å²) in [6, 6.07) is -0.998. The van der Waals surface area contributed by atoms with Gasteiger partial charge in [-0.1, -0.05) is 26.8 Å². The van der Waals surface area contributed by atoms with Crippen LogP contribution >= 0.6 is 0 Å². The number of ether oxygens (including phenoxy) is 2. The van der Waals surface area contributed by atoms with Crippen LogP contribution < -0.4 is 5.32 Å². The van der Waals surface area contributed by atoms with Crippen LogP contribution in [0.1, 0.15) is 33.6 Å². The Bertz CT molecular complexity index is 374. The predicted molar refractivity (Wildman–Crippen MR) is 73.5 cm³/mol. The molecule has 3 atom stereocenters. The minimum atomic E-state index is -1.08. The average Bonchev–Trinajstić information content (AvgIpc) is 2.30. The minimum absolute atomic E-state index is 0.128. The third-order valence-corrected chi connectivity index (χ3v) is 3.21. The number of carboxylic acid groups (broad SMARTS) is 1. The number of rotatable bonds is 6. The smallest absolute Gasteiger partial charge is 0.408 e. The van der Waals surface area contributed by atoms with Crippen LogP contribution in [0, 0.1) is 5.41 Å². The summed E-state index contributed by atoms with van der Waals surface area (Å²) in [5.74, 6) is -1.08. The fraction of sp³-hybridized carbons (Fsp3) is 0.714. The maximum absolute atomic E-state index is 11.8. The van der Waals surface area contributed by atoms with E-state index in [1.165, 1.54) is 0 Å². The van der Waals surface area contributed by atoms with Crippen molar-refractivity contribution in [1.82, 2.24) is 5.32 Å². The molecule has 0 aliphatic heterocycles. The highest BCUT2D eigenvalue weighted by Crippen LogP contribution is 2.27. The summed E-state index contributed by atoms with van der Waals surface area (Å²) in [7, 11) is 0. The fourth-order valence-electron chi connectivity index (χ4n) is 1.89. The largest absolute Gasteiger partial charge is 0.480 e. The SMILES string of the molecule is C=CCOC1CCC1OC(=O)NC(C(=O)O)C(C)(C)C. The molecule has 0 bridgehead atoms. The Kier molecular flexibility index (Phi) is 5.56. The van der Waals surface area contributed by atoms with Gasteiger partial charge in [0, 0.05) is 0 Å². The molecule has 1 amide bonds. The second-order valence-electron chi connectivity index (χ2n) is 5.96. The van der Waals surface area contributed by atoms with Crippen molar-refractivity contribution in [1.29, 1.82) is 0 Å². The molecule has 0 aromatic rings. The van der Waals surface area contributed by atoms with E-state index in [2.05, 4.69) is 11.9 Å². The lowest BCUT2D eigenvalue weighted by Crippen LogP contribution is -2.52. The lowest BCUT2D eigenvalue weighted by molar-refractivity contribution is -0.142. The molecule has 1 saturated carbocycles. The first kappa shape index (κ1) is 16.5. The molecule has 1 aliphatic rings. The van der Waals surface area contributed by atoms with E-state index in [0.29, 0.717) is 6.61 Å². The Balaban J connectivity index is 2.46. The van der Waals surface area contributed by atoms with E-state index in [-0.39, 0.29) is 12.2 Å². The van der Waals surface area contributed by atoms with Crippen LogP contribution in [0.2, 0.25) is 0 Å². The summed E-state index contributed by atoms with van der Waals surface area (Å²) in [5, 5.41) is 11.5. The summed E-state index contributed by atoms with van der Waals surface area (Å²) >= 11 is 0. The summed E-state index contributed by atoms with van der Waals surface area (Å²) < 4.78 is 10.6. The Morgan fingerprint density at radius 2 is 2.00 bits per heavy atom. The summed E-state index contributed by atoms with van der Waals surface area (Å²) in [4.78, 5) is 22.9. The van der Waals surface area contributed by atoms with Crippen molar-refractivity contribution >= 4 is 12.1 Å². The van der Waals surface area contributed by atoms with Gasteiger partial charge < -0.3 is 19.9 Å². The summed E-state index contributed by atoms with van der Waals surface area (Å²) in [6.45, 7) is 9.19. The van der Waals surface area contributed by atoms with Crippen LogP contribution in [0.5, 0.6) is 0 Å². The van der Waals surface area contributed by atoms with Crippen LogP contribution in [0.3, 0.4) is 0 Å². The summed E-state index contributed by atoms with van der Waals surface area (Å²) in [5.41, 5.74) is -0.594. The quantitative estimate of drug-likeness (QED) is 0.729. The number of hydrogen-bond donors (Lipinski definition) is 2. The maximum Gasteiger partial charge on any atom is 0.408 e. The number of carbonyl (C=O) groups is 2.